The number of aliphatic carboxylic acids is 1. The molecule has 0 bridgehead atoms. The van der Waals surface area contributed by atoms with Crippen LogP contribution in [0.15, 0.2) is 73.9 Å². The molecule has 0 aromatic heterocycles. The van der Waals surface area contributed by atoms with E-state index in [-0.39, 0.29) is 0 Å². The van der Waals surface area contributed by atoms with Crippen LogP contribution in [0.4, 0.5) is 0 Å². The number of ether oxygens (including phenoxy) is 1. The molecule has 0 saturated heterocycles. The fourth-order valence-electron chi connectivity index (χ4n) is 4.32. The van der Waals surface area contributed by atoms with Gasteiger partial charge in [0.25, 0.3) is 0 Å². The van der Waals surface area contributed by atoms with Gasteiger partial charge >= 0.3 is 186 Å². The molecule has 0 atom stereocenters. The minimum atomic E-state index is -2.49. The average molecular weight is 500 g/mol. The second kappa shape index (κ2) is 9.13. The normalized spacial score (nSPS) is 13.3. The van der Waals surface area contributed by atoms with Crippen molar-refractivity contribution in [3.05, 3.63) is 90.6 Å². The molecule has 4 heteroatoms. The van der Waals surface area contributed by atoms with Crippen LogP contribution in [0.25, 0.3) is 16.3 Å². The Labute approximate surface area is 185 Å². The van der Waals surface area contributed by atoms with Crippen LogP contribution in [0.5, 0.6) is 5.75 Å². The van der Waals surface area contributed by atoms with Crippen LogP contribution in [-0.4, -0.2) is 39.1 Å². The van der Waals surface area contributed by atoms with E-state index in [0.29, 0.717) is 9.94 Å². The summed E-state index contributed by atoms with van der Waals surface area (Å²) in [6.07, 6.45) is 2.81. The van der Waals surface area contributed by atoms with Gasteiger partial charge < -0.3 is 0 Å². The summed E-state index contributed by atoms with van der Waals surface area (Å²) in [5.74, 6) is 0.152. The van der Waals surface area contributed by atoms with E-state index in [2.05, 4.69) is 54.1 Å². The van der Waals surface area contributed by atoms with Crippen LogP contribution >= 0.6 is 0 Å². The zero-order valence-corrected chi connectivity index (χ0v) is 20.7. The molecule has 150 valence electrons. The first-order valence-electron chi connectivity index (χ1n) is 10.4. The zero-order valence-electron chi connectivity index (χ0n) is 17.4. The molecule has 4 rings (SSSR count). The van der Waals surface area contributed by atoms with Crippen molar-refractivity contribution in [1.29, 1.82) is 0 Å². The number of allylic oxidation sites excluding steroid dienone is 2. The fraction of sp³-hybridized carbons (Fsp3) is 0.192. The van der Waals surface area contributed by atoms with Gasteiger partial charge in [-0.2, -0.15) is 0 Å². The van der Waals surface area contributed by atoms with Crippen molar-refractivity contribution < 1.29 is 14.6 Å². The minimum absolute atomic E-state index is 0.612. The molecule has 0 radical (unpaired) electrons. The number of aryl methyl sites for hydroxylation is 2. The number of hydrogen-bond donors (Lipinski definition) is 1. The average Bonchev–Trinajstić information content (AvgIpc) is 3.15. The molecular formula is C26H25InO3. The number of carbonyl (C=O) groups is 1. The summed E-state index contributed by atoms with van der Waals surface area (Å²) < 4.78 is 10.0. The Bertz CT molecular complexity index is 1130. The standard InChI is InChI=1S/C13H12O2.C13H13O.In/c1-9-5-4-6-10(2)13(9)11(3)7-8-12(14)15;1-2-10-14-13-9-5-7-11-6-3-4-8-12(11)13;/h3-7H,1-2H3,(H,14,15);3-9H,1-2,10H2;. The first-order valence-corrected chi connectivity index (χ1v) is 16.3. The molecule has 0 unspecified atom stereocenters. The Morgan fingerprint density at radius 1 is 0.967 bits per heavy atom. The first-order chi connectivity index (χ1) is 14.5. The summed E-state index contributed by atoms with van der Waals surface area (Å²) >= 11 is -2.49. The van der Waals surface area contributed by atoms with Gasteiger partial charge in [0.05, 0.1) is 0 Å². The second-order valence-corrected chi connectivity index (χ2v) is 15.7. The molecule has 3 aromatic rings. The summed E-state index contributed by atoms with van der Waals surface area (Å²) in [4.78, 5) is 11.9. The van der Waals surface area contributed by atoms with Crippen LogP contribution in [0, 0.1) is 13.8 Å². The van der Waals surface area contributed by atoms with Crippen molar-refractivity contribution >= 4 is 43.8 Å². The number of hydrogen-bond acceptors (Lipinski definition) is 2. The molecule has 1 N–H and O–H groups in total. The molecule has 0 saturated carbocycles. The van der Waals surface area contributed by atoms with Crippen molar-refractivity contribution in [2.24, 2.45) is 0 Å². The maximum atomic E-state index is 11.9. The summed E-state index contributed by atoms with van der Waals surface area (Å²) in [5, 5.41) is 12.0. The van der Waals surface area contributed by atoms with Crippen LogP contribution < -0.4 is 4.74 Å². The molecule has 1 aliphatic heterocycles. The Balaban J connectivity index is 1.45. The molecule has 1 heterocycles. The Hall–Kier alpha value is -2.46. The van der Waals surface area contributed by atoms with E-state index in [4.69, 9.17) is 4.74 Å². The number of carboxylic acid groups (broad SMARTS) is 1. The molecule has 0 spiro atoms. The number of rotatable bonds is 7. The van der Waals surface area contributed by atoms with Crippen LogP contribution in [0.3, 0.4) is 0 Å². The molecule has 0 aliphatic carbocycles. The van der Waals surface area contributed by atoms with Crippen molar-refractivity contribution in [1.82, 2.24) is 0 Å². The van der Waals surface area contributed by atoms with Crippen molar-refractivity contribution in [2.75, 3.05) is 6.61 Å². The van der Waals surface area contributed by atoms with E-state index < -0.39 is 27.4 Å². The number of fused-ring (bicyclic) bond motifs is 1. The van der Waals surface area contributed by atoms with Gasteiger partial charge in [-0.3, -0.25) is 0 Å². The molecule has 1 aliphatic rings. The number of carboxylic acids is 1. The van der Waals surface area contributed by atoms with Gasteiger partial charge in [-0.25, -0.2) is 0 Å². The third-order valence-corrected chi connectivity index (χ3v) is 14.3. The fourth-order valence-corrected chi connectivity index (χ4v) is 11.9. The van der Waals surface area contributed by atoms with Gasteiger partial charge in [-0.05, 0) is 0 Å². The van der Waals surface area contributed by atoms with E-state index in [1.807, 2.05) is 30.3 Å². The predicted molar refractivity (Wildman–Crippen MR) is 124 cm³/mol. The zero-order chi connectivity index (χ0) is 21.1. The van der Waals surface area contributed by atoms with E-state index in [1.54, 1.807) is 0 Å². The van der Waals surface area contributed by atoms with Gasteiger partial charge in [0, 0.05) is 0 Å². The SMILES string of the molecule is Cc1cccc(C)c1C1=[CH][In]([CH2]CCOc2cccc3ccccc23)[C](C(=O)O)=C1. The van der Waals surface area contributed by atoms with E-state index in [9.17, 15) is 9.90 Å². The summed E-state index contributed by atoms with van der Waals surface area (Å²) in [6.45, 7) is 4.80. The summed E-state index contributed by atoms with van der Waals surface area (Å²) in [5.41, 5.74) is 4.71. The van der Waals surface area contributed by atoms with Gasteiger partial charge in [0.1, 0.15) is 0 Å². The van der Waals surface area contributed by atoms with Gasteiger partial charge in [-0.15, -0.1) is 0 Å². The molecular weight excluding hydrogens is 475 g/mol. The maximum absolute atomic E-state index is 11.9. The van der Waals surface area contributed by atoms with Gasteiger partial charge in [-0.1, -0.05) is 0 Å². The van der Waals surface area contributed by atoms with Gasteiger partial charge in [0.15, 0.2) is 0 Å². The first kappa shape index (κ1) is 20.8. The summed E-state index contributed by atoms with van der Waals surface area (Å²) in [6, 6.07) is 20.6. The monoisotopic (exact) mass is 500 g/mol. The van der Waals surface area contributed by atoms with E-state index in [0.717, 1.165) is 27.3 Å². The molecule has 3 nitrogen and oxygen atoms in total. The van der Waals surface area contributed by atoms with Crippen LogP contribution in [0.1, 0.15) is 23.1 Å². The van der Waals surface area contributed by atoms with Crippen molar-refractivity contribution in [2.45, 2.75) is 24.4 Å². The summed E-state index contributed by atoms with van der Waals surface area (Å²) in [7, 11) is 0. The van der Waals surface area contributed by atoms with Crippen LogP contribution in [0.2, 0.25) is 4.18 Å². The molecule has 0 fully saturated rings. The van der Waals surface area contributed by atoms with E-state index in [1.165, 1.54) is 22.1 Å². The Kier molecular flexibility index (Phi) is 6.33. The predicted octanol–water partition coefficient (Wildman–Crippen LogP) is 5.91. The Morgan fingerprint density at radius 2 is 1.67 bits per heavy atom. The van der Waals surface area contributed by atoms with Gasteiger partial charge in [0.2, 0.25) is 0 Å². The molecule has 3 aromatic carbocycles. The number of benzene rings is 3. The van der Waals surface area contributed by atoms with E-state index >= 15 is 0 Å². The van der Waals surface area contributed by atoms with Crippen molar-refractivity contribution in [3.63, 3.8) is 0 Å². The topological polar surface area (TPSA) is 46.5 Å². The molecule has 30 heavy (non-hydrogen) atoms. The third kappa shape index (κ3) is 4.34. The third-order valence-electron chi connectivity index (χ3n) is 5.77. The second-order valence-electron chi connectivity index (χ2n) is 7.87. The Morgan fingerprint density at radius 3 is 2.43 bits per heavy atom. The van der Waals surface area contributed by atoms with Crippen LogP contribution in [-0.2, 0) is 4.79 Å². The molecule has 0 amide bonds. The quantitative estimate of drug-likeness (QED) is 0.411. The van der Waals surface area contributed by atoms with Crippen molar-refractivity contribution in [3.8, 4) is 5.75 Å².